The molecule has 2 atom stereocenters. The lowest BCUT2D eigenvalue weighted by atomic mass is 10.1. The molecule has 0 aromatic carbocycles. The number of hydrogen-bond acceptors (Lipinski definition) is 5. The van der Waals surface area contributed by atoms with E-state index < -0.39 is 6.04 Å². The molecule has 2 fully saturated rings. The van der Waals surface area contributed by atoms with Crippen molar-refractivity contribution in [1.29, 1.82) is 0 Å². The topological polar surface area (TPSA) is 75.9 Å². The van der Waals surface area contributed by atoms with E-state index in [4.69, 9.17) is 10.5 Å². The molecule has 0 radical (unpaired) electrons. The van der Waals surface area contributed by atoms with Gasteiger partial charge in [-0.1, -0.05) is 0 Å². The molecule has 2 aliphatic heterocycles. The van der Waals surface area contributed by atoms with Crippen LogP contribution in [0.4, 0.5) is 0 Å². The highest BCUT2D eigenvalue weighted by molar-refractivity contribution is 7.98. The molecule has 0 spiro atoms. The number of carbonyl (C=O) groups is 2. The summed E-state index contributed by atoms with van der Waals surface area (Å²) in [6.07, 6.45) is 4.22. The zero-order valence-corrected chi connectivity index (χ0v) is 13.4. The van der Waals surface area contributed by atoms with Crippen molar-refractivity contribution < 1.29 is 14.3 Å². The Morgan fingerprint density at radius 3 is 2.52 bits per heavy atom. The summed E-state index contributed by atoms with van der Waals surface area (Å²) in [5.74, 6) is 0.976. The Kier molecular flexibility index (Phi) is 6.32. The van der Waals surface area contributed by atoms with Crippen molar-refractivity contribution in [3.05, 3.63) is 0 Å². The monoisotopic (exact) mass is 315 g/mol. The SMILES string of the molecule is CSCC[C@H](N)C(=O)N1CCN(C(=O)C2CCCO2)CC1. The van der Waals surface area contributed by atoms with E-state index in [1.807, 2.05) is 11.2 Å². The van der Waals surface area contributed by atoms with Gasteiger partial charge < -0.3 is 20.3 Å². The molecule has 2 saturated heterocycles. The first-order valence-corrected chi connectivity index (χ1v) is 8.96. The van der Waals surface area contributed by atoms with Crippen molar-refractivity contribution in [2.45, 2.75) is 31.4 Å². The molecule has 6 nitrogen and oxygen atoms in total. The second-order valence-corrected chi connectivity index (χ2v) is 6.53. The minimum atomic E-state index is -0.419. The van der Waals surface area contributed by atoms with E-state index in [0.29, 0.717) is 39.2 Å². The summed E-state index contributed by atoms with van der Waals surface area (Å²) in [6, 6.07) is -0.419. The second-order valence-electron chi connectivity index (χ2n) is 5.54. The van der Waals surface area contributed by atoms with Gasteiger partial charge in [0.15, 0.2) is 0 Å². The number of ether oxygens (including phenoxy) is 1. The predicted molar refractivity (Wildman–Crippen MR) is 83.1 cm³/mol. The fourth-order valence-electron chi connectivity index (χ4n) is 2.73. The summed E-state index contributed by atoms with van der Waals surface area (Å²) in [7, 11) is 0. The number of nitrogens with zero attached hydrogens (tertiary/aromatic N) is 2. The third kappa shape index (κ3) is 4.34. The average Bonchev–Trinajstić information content (AvgIpc) is 3.05. The Balaban J connectivity index is 1.77. The standard InChI is InChI=1S/C14H25N3O3S/c1-21-10-4-11(15)13(18)16-5-7-17(8-6-16)14(19)12-3-2-9-20-12/h11-12H,2-10,15H2,1H3/t11-,12?/m0/s1. The maximum atomic E-state index is 12.2. The first-order chi connectivity index (χ1) is 10.1. The molecular weight excluding hydrogens is 290 g/mol. The lowest BCUT2D eigenvalue weighted by Crippen LogP contribution is -2.55. The molecule has 7 heteroatoms. The molecule has 21 heavy (non-hydrogen) atoms. The lowest BCUT2D eigenvalue weighted by Gasteiger charge is -2.36. The maximum absolute atomic E-state index is 12.2. The summed E-state index contributed by atoms with van der Waals surface area (Å²) in [6.45, 7) is 2.99. The summed E-state index contributed by atoms with van der Waals surface area (Å²) in [5.41, 5.74) is 5.92. The van der Waals surface area contributed by atoms with Crippen molar-refractivity contribution >= 4 is 23.6 Å². The summed E-state index contributed by atoms with van der Waals surface area (Å²) in [4.78, 5) is 28.0. The van der Waals surface area contributed by atoms with Gasteiger partial charge in [-0.15, -0.1) is 0 Å². The van der Waals surface area contributed by atoms with E-state index in [2.05, 4.69) is 0 Å². The van der Waals surface area contributed by atoms with E-state index >= 15 is 0 Å². The van der Waals surface area contributed by atoms with Crippen LogP contribution in [0, 0.1) is 0 Å². The average molecular weight is 315 g/mol. The van der Waals surface area contributed by atoms with Crippen molar-refractivity contribution in [2.75, 3.05) is 44.8 Å². The fourth-order valence-corrected chi connectivity index (χ4v) is 3.22. The zero-order valence-electron chi connectivity index (χ0n) is 12.6. The number of piperazine rings is 1. The number of hydrogen-bond donors (Lipinski definition) is 1. The van der Waals surface area contributed by atoms with Crippen molar-refractivity contribution in [3.63, 3.8) is 0 Å². The Bertz CT molecular complexity index is 366. The van der Waals surface area contributed by atoms with Gasteiger partial charge in [-0.05, 0) is 31.3 Å². The Morgan fingerprint density at radius 2 is 1.95 bits per heavy atom. The molecular formula is C14H25N3O3S. The predicted octanol–water partition coefficient (Wildman–Crippen LogP) is -0.0834. The van der Waals surface area contributed by atoms with E-state index in [1.165, 1.54) is 0 Å². The first-order valence-electron chi connectivity index (χ1n) is 7.57. The summed E-state index contributed by atoms with van der Waals surface area (Å²) < 4.78 is 5.43. The molecule has 0 saturated carbocycles. The minimum absolute atomic E-state index is 0.00765. The van der Waals surface area contributed by atoms with Crippen LogP contribution in [0.5, 0.6) is 0 Å². The van der Waals surface area contributed by atoms with Crippen molar-refractivity contribution in [1.82, 2.24) is 9.80 Å². The van der Waals surface area contributed by atoms with Gasteiger partial charge in [-0.25, -0.2) is 0 Å². The highest BCUT2D eigenvalue weighted by Gasteiger charge is 2.32. The molecule has 120 valence electrons. The molecule has 2 heterocycles. The maximum Gasteiger partial charge on any atom is 0.251 e. The van der Waals surface area contributed by atoms with Gasteiger partial charge in [0.2, 0.25) is 5.91 Å². The number of carbonyl (C=O) groups excluding carboxylic acids is 2. The van der Waals surface area contributed by atoms with Crippen LogP contribution in [0.1, 0.15) is 19.3 Å². The fraction of sp³-hybridized carbons (Fsp3) is 0.857. The minimum Gasteiger partial charge on any atom is -0.368 e. The van der Waals surface area contributed by atoms with Gasteiger partial charge in [-0.2, -0.15) is 11.8 Å². The second kappa shape index (κ2) is 8.00. The smallest absolute Gasteiger partial charge is 0.251 e. The van der Waals surface area contributed by atoms with Gasteiger partial charge in [0.05, 0.1) is 6.04 Å². The third-order valence-electron chi connectivity index (χ3n) is 4.06. The molecule has 0 aliphatic carbocycles. The molecule has 2 aliphatic rings. The Labute approximate surface area is 130 Å². The van der Waals surface area contributed by atoms with Gasteiger partial charge >= 0.3 is 0 Å². The largest absolute Gasteiger partial charge is 0.368 e. The normalized spacial score (nSPS) is 24.2. The van der Waals surface area contributed by atoms with Gasteiger partial charge in [0, 0.05) is 32.8 Å². The van der Waals surface area contributed by atoms with E-state index in [1.54, 1.807) is 16.7 Å². The quantitative estimate of drug-likeness (QED) is 0.768. The molecule has 2 rings (SSSR count). The van der Waals surface area contributed by atoms with Crippen LogP contribution in [0.25, 0.3) is 0 Å². The number of nitrogens with two attached hydrogens (primary N) is 1. The summed E-state index contributed by atoms with van der Waals surface area (Å²) >= 11 is 1.69. The molecule has 2 amide bonds. The van der Waals surface area contributed by atoms with Crippen LogP contribution >= 0.6 is 11.8 Å². The number of amides is 2. The zero-order chi connectivity index (χ0) is 15.2. The van der Waals surface area contributed by atoms with Crippen molar-refractivity contribution in [3.8, 4) is 0 Å². The van der Waals surface area contributed by atoms with Gasteiger partial charge in [0.1, 0.15) is 6.10 Å². The van der Waals surface area contributed by atoms with E-state index in [-0.39, 0.29) is 17.9 Å². The van der Waals surface area contributed by atoms with Crippen molar-refractivity contribution in [2.24, 2.45) is 5.73 Å². The van der Waals surface area contributed by atoms with Gasteiger partial charge in [0.25, 0.3) is 5.91 Å². The van der Waals surface area contributed by atoms with Crippen LogP contribution in [-0.2, 0) is 14.3 Å². The van der Waals surface area contributed by atoms with Crippen LogP contribution in [-0.4, -0.2) is 78.6 Å². The van der Waals surface area contributed by atoms with Gasteiger partial charge in [-0.3, -0.25) is 9.59 Å². The molecule has 1 unspecified atom stereocenters. The molecule has 0 aromatic rings. The Morgan fingerprint density at radius 1 is 1.29 bits per heavy atom. The van der Waals surface area contributed by atoms with E-state index in [0.717, 1.165) is 18.6 Å². The lowest BCUT2D eigenvalue weighted by molar-refractivity contribution is -0.146. The first kappa shape index (κ1) is 16.6. The molecule has 0 bridgehead atoms. The molecule has 2 N–H and O–H groups in total. The molecule has 0 aromatic heterocycles. The summed E-state index contributed by atoms with van der Waals surface area (Å²) in [5, 5.41) is 0. The van der Waals surface area contributed by atoms with Crippen LogP contribution in [0.2, 0.25) is 0 Å². The Hall–Kier alpha value is -0.790. The highest BCUT2D eigenvalue weighted by atomic mass is 32.2. The van der Waals surface area contributed by atoms with E-state index in [9.17, 15) is 9.59 Å². The van der Waals surface area contributed by atoms with Crippen LogP contribution in [0.3, 0.4) is 0 Å². The number of rotatable bonds is 5. The highest BCUT2D eigenvalue weighted by Crippen LogP contribution is 2.16. The van der Waals surface area contributed by atoms with Crippen LogP contribution < -0.4 is 5.73 Å². The van der Waals surface area contributed by atoms with Crippen LogP contribution in [0.15, 0.2) is 0 Å². The number of thioether (sulfide) groups is 1. The third-order valence-corrected chi connectivity index (χ3v) is 4.70.